The van der Waals surface area contributed by atoms with Crippen LogP contribution < -0.4 is 0 Å². The fourth-order valence-electron chi connectivity index (χ4n) is 6.05. The molecule has 1 atom stereocenters. The number of carbonyl (C=O) groups is 2. The molecule has 7 nitrogen and oxygen atoms in total. The lowest BCUT2D eigenvalue weighted by molar-refractivity contribution is -0.147. The summed E-state index contributed by atoms with van der Waals surface area (Å²) in [5.74, 6) is -0.943. The summed E-state index contributed by atoms with van der Waals surface area (Å²) in [6, 6.07) is 0. The lowest BCUT2D eigenvalue weighted by atomic mass is 10.0. The van der Waals surface area contributed by atoms with Gasteiger partial charge in [-0.05, 0) is 44.9 Å². The van der Waals surface area contributed by atoms with Crippen LogP contribution in [0.15, 0.2) is 12.2 Å². The molecule has 0 aromatic carbocycles. The van der Waals surface area contributed by atoms with Crippen LogP contribution in [0, 0.1) is 0 Å². The van der Waals surface area contributed by atoms with E-state index in [1.54, 1.807) is 0 Å². The van der Waals surface area contributed by atoms with Crippen molar-refractivity contribution in [1.29, 1.82) is 0 Å². The zero-order valence-electron chi connectivity index (χ0n) is 32.9. The Morgan fingerprint density at radius 1 is 0.500 bits per heavy atom. The van der Waals surface area contributed by atoms with Crippen molar-refractivity contribution in [3.63, 3.8) is 0 Å². The topological polar surface area (TPSA) is 124 Å². The second kappa shape index (κ2) is 45.6. The molecule has 1 unspecified atom stereocenters. The summed E-state index contributed by atoms with van der Waals surface area (Å²) in [7, 11) is 0. The molecule has 0 aromatic rings. The molecule has 0 saturated heterocycles. The van der Waals surface area contributed by atoms with Crippen LogP contribution in [0.5, 0.6) is 0 Å². The van der Waals surface area contributed by atoms with Crippen LogP contribution in [0.25, 0.3) is 0 Å². The average molecular weight is 713 g/mol. The molecule has 0 aliphatic rings. The number of allylic oxidation sites excluding steroid dienone is 2. The molecular formula is C43H84O7. The highest BCUT2D eigenvalue weighted by Gasteiger charge is 2.07. The van der Waals surface area contributed by atoms with E-state index in [9.17, 15) is 9.59 Å². The molecule has 0 heterocycles. The fraction of sp³-hybridized carbons (Fsp3) is 0.907. The molecule has 0 amide bonds. The Labute approximate surface area is 309 Å². The van der Waals surface area contributed by atoms with Gasteiger partial charge in [-0.1, -0.05) is 180 Å². The highest BCUT2D eigenvalue weighted by Crippen LogP contribution is 2.15. The van der Waals surface area contributed by atoms with Crippen LogP contribution in [0.3, 0.4) is 0 Å². The Hall–Kier alpha value is -1.44. The van der Waals surface area contributed by atoms with E-state index in [4.69, 9.17) is 25.2 Å². The fourth-order valence-corrected chi connectivity index (χ4v) is 6.05. The van der Waals surface area contributed by atoms with E-state index in [2.05, 4.69) is 19.1 Å². The first-order chi connectivity index (χ1) is 24.5. The van der Waals surface area contributed by atoms with Crippen molar-refractivity contribution < 1.29 is 34.8 Å². The van der Waals surface area contributed by atoms with E-state index in [1.165, 1.54) is 173 Å². The number of carboxylic acids is 1. The molecule has 0 spiro atoms. The molecule has 0 bridgehead atoms. The van der Waals surface area contributed by atoms with Crippen LogP contribution in [-0.4, -0.2) is 58.3 Å². The number of esters is 1. The second-order valence-electron chi connectivity index (χ2n) is 14.4. The van der Waals surface area contributed by atoms with Gasteiger partial charge in [0.25, 0.3) is 0 Å². The number of ether oxygens (including phenoxy) is 1. The first-order valence-electron chi connectivity index (χ1n) is 21.4. The Morgan fingerprint density at radius 2 is 0.840 bits per heavy atom. The van der Waals surface area contributed by atoms with Gasteiger partial charge in [0.2, 0.25) is 0 Å². The van der Waals surface area contributed by atoms with Gasteiger partial charge in [0.15, 0.2) is 0 Å². The molecule has 298 valence electrons. The molecule has 4 N–H and O–H groups in total. The van der Waals surface area contributed by atoms with Gasteiger partial charge in [0, 0.05) is 19.4 Å². The van der Waals surface area contributed by atoms with Crippen molar-refractivity contribution >= 4 is 11.9 Å². The van der Waals surface area contributed by atoms with E-state index in [0.29, 0.717) is 19.4 Å². The predicted octanol–water partition coefficient (Wildman–Crippen LogP) is 11.8. The van der Waals surface area contributed by atoms with Gasteiger partial charge >= 0.3 is 11.9 Å². The van der Waals surface area contributed by atoms with Gasteiger partial charge in [-0.25, -0.2) is 0 Å². The van der Waals surface area contributed by atoms with Gasteiger partial charge in [-0.15, -0.1) is 0 Å². The van der Waals surface area contributed by atoms with Crippen molar-refractivity contribution in [3.05, 3.63) is 12.2 Å². The quantitative estimate of drug-likeness (QED) is 0.0284. The van der Waals surface area contributed by atoms with E-state index in [-0.39, 0.29) is 19.2 Å². The predicted molar refractivity (Wildman–Crippen MR) is 211 cm³/mol. The number of unbranched alkanes of at least 4 members (excludes halogenated alkanes) is 29. The first kappa shape index (κ1) is 50.7. The maximum atomic E-state index is 11.4. The van der Waals surface area contributed by atoms with E-state index in [1.807, 2.05) is 0 Å². The molecule has 0 aromatic heterocycles. The van der Waals surface area contributed by atoms with Crippen LogP contribution in [-0.2, 0) is 14.3 Å². The number of aliphatic hydroxyl groups excluding tert-OH is 3. The Kier molecular flexibility index (Phi) is 46.2. The standard InChI is InChI=1S/C22H42O2.C21H42O5/c1-2-3-4-5-6-7-8-9-10-11-12-13-14-15-16-17-18-19-20-21-22(23)24;22-17-15-13-11-9-7-5-3-1-2-4-6-8-10-12-14-16-21(25)26-19-20(24)18-23/h9-10H,2-8,11-21H2,1H3,(H,23,24);20,22-24H,1-19H2/b10-9-;. The number of rotatable bonds is 39. The van der Waals surface area contributed by atoms with Crippen LogP contribution >= 0.6 is 0 Å². The lowest BCUT2D eigenvalue weighted by Crippen LogP contribution is -2.21. The minimum atomic E-state index is -0.962. The largest absolute Gasteiger partial charge is 0.481 e. The van der Waals surface area contributed by atoms with E-state index < -0.39 is 12.1 Å². The van der Waals surface area contributed by atoms with E-state index >= 15 is 0 Å². The normalized spacial score (nSPS) is 11.8. The molecule has 0 aliphatic carbocycles. The Morgan fingerprint density at radius 3 is 1.20 bits per heavy atom. The monoisotopic (exact) mass is 713 g/mol. The SMILES string of the molecule is CCCCCCCC/C=C\CCCCCCCCCCCC(=O)O.O=C(CCCCCCCCCCCCCCCCCO)OCC(O)CO. The Balaban J connectivity index is 0. The molecule has 0 saturated carbocycles. The van der Waals surface area contributed by atoms with Crippen molar-refractivity contribution in [2.24, 2.45) is 0 Å². The summed E-state index contributed by atoms with van der Waals surface area (Å²) in [5.41, 5.74) is 0. The molecule has 50 heavy (non-hydrogen) atoms. The highest BCUT2D eigenvalue weighted by atomic mass is 16.5. The maximum Gasteiger partial charge on any atom is 0.305 e. The number of aliphatic hydroxyl groups is 3. The molecule has 0 radical (unpaired) electrons. The van der Waals surface area contributed by atoms with Gasteiger partial charge < -0.3 is 25.2 Å². The van der Waals surface area contributed by atoms with Crippen molar-refractivity contribution in [2.45, 2.75) is 231 Å². The lowest BCUT2D eigenvalue weighted by Gasteiger charge is -2.08. The number of carbonyl (C=O) groups excluding carboxylic acids is 1. The maximum absolute atomic E-state index is 11.4. The zero-order chi connectivity index (χ0) is 37.0. The minimum Gasteiger partial charge on any atom is -0.481 e. The molecular weight excluding hydrogens is 628 g/mol. The molecule has 0 fully saturated rings. The van der Waals surface area contributed by atoms with Crippen molar-refractivity contribution in [1.82, 2.24) is 0 Å². The van der Waals surface area contributed by atoms with Crippen LogP contribution in [0.4, 0.5) is 0 Å². The third-order valence-corrected chi connectivity index (χ3v) is 9.34. The summed E-state index contributed by atoms with van der Waals surface area (Å²) in [4.78, 5) is 21.8. The van der Waals surface area contributed by atoms with Crippen LogP contribution in [0.2, 0.25) is 0 Å². The van der Waals surface area contributed by atoms with E-state index in [0.717, 1.165) is 32.1 Å². The summed E-state index contributed by atoms with van der Waals surface area (Å²) < 4.78 is 4.86. The van der Waals surface area contributed by atoms with Gasteiger partial charge in [0.05, 0.1) is 6.61 Å². The number of aliphatic carboxylic acids is 1. The highest BCUT2D eigenvalue weighted by molar-refractivity contribution is 5.69. The Bertz CT molecular complexity index is 697. The van der Waals surface area contributed by atoms with Gasteiger partial charge in [-0.3, -0.25) is 9.59 Å². The molecule has 7 heteroatoms. The van der Waals surface area contributed by atoms with Crippen LogP contribution in [0.1, 0.15) is 225 Å². The summed E-state index contributed by atoms with van der Waals surface area (Å²) in [6.07, 6.45) is 44.9. The minimum absolute atomic E-state index is 0.112. The smallest absolute Gasteiger partial charge is 0.305 e. The first-order valence-corrected chi connectivity index (χ1v) is 21.4. The summed E-state index contributed by atoms with van der Waals surface area (Å²) in [6.45, 7) is 2.12. The molecule has 0 aliphatic heterocycles. The zero-order valence-corrected chi connectivity index (χ0v) is 32.9. The number of carboxylic acid groups (broad SMARTS) is 1. The van der Waals surface area contributed by atoms with Crippen molar-refractivity contribution in [2.75, 3.05) is 19.8 Å². The number of hydrogen-bond acceptors (Lipinski definition) is 6. The number of hydrogen-bond donors (Lipinski definition) is 4. The molecule has 0 rings (SSSR count). The third kappa shape index (κ3) is 48.7. The van der Waals surface area contributed by atoms with Gasteiger partial charge in [-0.2, -0.15) is 0 Å². The third-order valence-electron chi connectivity index (χ3n) is 9.34. The summed E-state index contributed by atoms with van der Waals surface area (Å²) in [5, 5.41) is 35.0. The van der Waals surface area contributed by atoms with Crippen molar-refractivity contribution in [3.8, 4) is 0 Å². The van der Waals surface area contributed by atoms with Gasteiger partial charge in [0.1, 0.15) is 12.7 Å². The second-order valence-corrected chi connectivity index (χ2v) is 14.4. The summed E-state index contributed by atoms with van der Waals surface area (Å²) >= 11 is 0. The average Bonchev–Trinajstić information content (AvgIpc) is 3.11.